The Morgan fingerprint density at radius 1 is 1.26 bits per heavy atom. The van der Waals surface area contributed by atoms with Crippen molar-refractivity contribution in [2.75, 3.05) is 5.32 Å². The molecule has 0 saturated heterocycles. The normalized spacial score (nSPS) is 10.2. The highest BCUT2D eigenvalue weighted by Crippen LogP contribution is 2.27. The van der Waals surface area contributed by atoms with Crippen LogP contribution in [0, 0.1) is 17.0 Å². The first kappa shape index (κ1) is 13.5. The van der Waals surface area contributed by atoms with Gasteiger partial charge in [-0.3, -0.25) is 10.1 Å². The summed E-state index contributed by atoms with van der Waals surface area (Å²) in [4.78, 5) is 10.2. The summed E-state index contributed by atoms with van der Waals surface area (Å²) < 4.78 is 0.689. The van der Waals surface area contributed by atoms with Gasteiger partial charge in [0.1, 0.15) is 0 Å². The second kappa shape index (κ2) is 5.84. The fourth-order valence-corrected chi connectivity index (χ4v) is 2.29. The number of anilines is 1. The molecule has 19 heavy (non-hydrogen) atoms. The topological polar surface area (TPSA) is 55.2 Å². The van der Waals surface area contributed by atoms with Crippen molar-refractivity contribution in [3.63, 3.8) is 0 Å². The molecular formula is C14H13BrN2O2. The van der Waals surface area contributed by atoms with E-state index in [-0.39, 0.29) is 5.69 Å². The molecular weight excluding hydrogens is 308 g/mol. The maximum absolute atomic E-state index is 10.6. The number of hydrogen-bond acceptors (Lipinski definition) is 3. The highest BCUT2D eigenvalue weighted by Gasteiger charge is 2.08. The molecule has 5 heteroatoms. The SMILES string of the molecule is Cc1cccc(CNc2ccc([N+](=O)[O-])cc2Br)c1. The molecule has 0 spiro atoms. The molecule has 0 fully saturated rings. The van der Waals surface area contributed by atoms with Crippen molar-refractivity contribution in [1.29, 1.82) is 0 Å². The maximum atomic E-state index is 10.6. The van der Waals surface area contributed by atoms with E-state index in [1.165, 1.54) is 23.3 Å². The molecule has 0 unspecified atom stereocenters. The number of rotatable bonds is 4. The molecule has 0 radical (unpaired) electrons. The molecule has 0 saturated carbocycles. The molecule has 0 heterocycles. The Morgan fingerprint density at radius 3 is 2.68 bits per heavy atom. The van der Waals surface area contributed by atoms with Gasteiger partial charge in [0.2, 0.25) is 0 Å². The van der Waals surface area contributed by atoms with Crippen molar-refractivity contribution >= 4 is 27.3 Å². The summed E-state index contributed by atoms with van der Waals surface area (Å²) in [5.41, 5.74) is 3.30. The monoisotopic (exact) mass is 320 g/mol. The first-order chi connectivity index (χ1) is 9.06. The van der Waals surface area contributed by atoms with Crippen LogP contribution in [0.4, 0.5) is 11.4 Å². The number of aryl methyl sites for hydroxylation is 1. The first-order valence-electron chi connectivity index (χ1n) is 5.79. The molecule has 0 aliphatic carbocycles. The van der Waals surface area contributed by atoms with Crippen molar-refractivity contribution in [2.24, 2.45) is 0 Å². The van der Waals surface area contributed by atoms with Crippen molar-refractivity contribution < 1.29 is 4.92 Å². The molecule has 0 aromatic heterocycles. The molecule has 2 aromatic rings. The molecule has 4 nitrogen and oxygen atoms in total. The van der Waals surface area contributed by atoms with E-state index in [1.807, 2.05) is 25.1 Å². The van der Waals surface area contributed by atoms with Gasteiger partial charge in [0, 0.05) is 28.8 Å². The zero-order chi connectivity index (χ0) is 13.8. The highest BCUT2D eigenvalue weighted by atomic mass is 79.9. The molecule has 0 atom stereocenters. The van der Waals surface area contributed by atoms with Gasteiger partial charge < -0.3 is 5.32 Å². The zero-order valence-corrected chi connectivity index (χ0v) is 12.0. The van der Waals surface area contributed by atoms with Gasteiger partial charge in [0.05, 0.1) is 4.92 Å². The van der Waals surface area contributed by atoms with Crippen LogP contribution in [0.3, 0.4) is 0 Å². The summed E-state index contributed by atoms with van der Waals surface area (Å²) in [6, 6.07) is 12.9. The predicted molar refractivity (Wildman–Crippen MR) is 79.3 cm³/mol. The standard InChI is InChI=1S/C14H13BrN2O2/c1-10-3-2-4-11(7-10)9-16-14-6-5-12(17(18)19)8-13(14)15/h2-8,16H,9H2,1H3. The maximum Gasteiger partial charge on any atom is 0.270 e. The van der Waals surface area contributed by atoms with E-state index < -0.39 is 4.92 Å². The summed E-state index contributed by atoms with van der Waals surface area (Å²) in [5, 5.41) is 13.9. The second-order valence-electron chi connectivity index (χ2n) is 4.26. The van der Waals surface area contributed by atoms with Crippen molar-refractivity contribution in [2.45, 2.75) is 13.5 Å². The fourth-order valence-electron chi connectivity index (χ4n) is 1.78. The Morgan fingerprint density at radius 2 is 2.05 bits per heavy atom. The number of non-ortho nitro benzene ring substituents is 1. The average molecular weight is 321 g/mol. The van der Waals surface area contributed by atoms with E-state index >= 15 is 0 Å². The minimum atomic E-state index is -0.408. The molecule has 0 aliphatic heterocycles. The van der Waals surface area contributed by atoms with E-state index in [0.717, 1.165) is 5.69 Å². The second-order valence-corrected chi connectivity index (χ2v) is 5.12. The van der Waals surface area contributed by atoms with Crippen LogP contribution in [0.25, 0.3) is 0 Å². The summed E-state index contributed by atoms with van der Waals surface area (Å²) >= 11 is 3.34. The van der Waals surface area contributed by atoms with Gasteiger partial charge in [-0.05, 0) is 34.5 Å². The number of nitrogens with zero attached hydrogens (tertiary/aromatic N) is 1. The van der Waals surface area contributed by atoms with E-state index in [1.54, 1.807) is 6.07 Å². The van der Waals surface area contributed by atoms with Crippen LogP contribution in [0.2, 0.25) is 0 Å². The summed E-state index contributed by atoms with van der Waals surface area (Å²) in [6.07, 6.45) is 0. The minimum Gasteiger partial charge on any atom is -0.380 e. The zero-order valence-electron chi connectivity index (χ0n) is 10.4. The van der Waals surface area contributed by atoms with Gasteiger partial charge in [-0.1, -0.05) is 29.8 Å². The largest absolute Gasteiger partial charge is 0.380 e. The first-order valence-corrected chi connectivity index (χ1v) is 6.59. The van der Waals surface area contributed by atoms with Gasteiger partial charge >= 0.3 is 0 Å². The van der Waals surface area contributed by atoms with Gasteiger partial charge in [-0.25, -0.2) is 0 Å². The molecule has 98 valence electrons. The van der Waals surface area contributed by atoms with E-state index in [4.69, 9.17) is 0 Å². The van der Waals surface area contributed by atoms with Crippen LogP contribution in [-0.2, 0) is 6.54 Å². The highest BCUT2D eigenvalue weighted by molar-refractivity contribution is 9.10. The number of nitro groups is 1. The number of benzene rings is 2. The average Bonchev–Trinajstić information content (AvgIpc) is 2.37. The van der Waals surface area contributed by atoms with Crippen molar-refractivity contribution in [1.82, 2.24) is 0 Å². The lowest BCUT2D eigenvalue weighted by atomic mass is 10.1. The molecule has 0 aliphatic rings. The van der Waals surface area contributed by atoms with E-state index in [9.17, 15) is 10.1 Å². The van der Waals surface area contributed by atoms with Crippen LogP contribution in [-0.4, -0.2) is 4.92 Å². The van der Waals surface area contributed by atoms with Crippen LogP contribution in [0.5, 0.6) is 0 Å². The van der Waals surface area contributed by atoms with E-state index in [2.05, 4.69) is 27.3 Å². The smallest absolute Gasteiger partial charge is 0.270 e. The Balaban J connectivity index is 2.10. The Hall–Kier alpha value is -1.88. The fraction of sp³-hybridized carbons (Fsp3) is 0.143. The predicted octanol–water partition coefficient (Wildman–Crippen LogP) is 4.28. The van der Waals surface area contributed by atoms with Crippen molar-refractivity contribution in [3.05, 3.63) is 68.2 Å². The van der Waals surface area contributed by atoms with Gasteiger partial charge in [0.25, 0.3) is 5.69 Å². The lowest BCUT2D eigenvalue weighted by molar-refractivity contribution is -0.384. The molecule has 1 N–H and O–H groups in total. The van der Waals surface area contributed by atoms with Crippen LogP contribution < -0.4 is 5.32 Å². The molecule has 2 rings (SSSR count). The third-order valence-corrected chi connectivity index (χ3v) is 3.39. The molecule has 0 amide bonds. The lowest BCUT2D eigenvalue weighted by Gasteiger charge is -2.09. The summed E-state index contributed by atoms with van der Waals surface area (Å²) in [5.74, 6) is 0. The molecule has 0 bridgehead atoms. The van der Waals surface area contributed by atoms with Crippen molar-refractivity contribution in [3.8, 4) is 0 Å². The lowest BCUT2D eigenvalue weighted by Crippen LogP contribution is -2.00. The Kier molecular flexibility index (Phi) is 4.16. The van der Waals surface area contributed by atoms with Crippen LogP contribution in [0.1, 0.15) is 11.1 Å². The molecule has 2 aromatic carbocycles. The van der Waals surface area contributed by atoms with Gasteiger partial charge in [-0.2, -0.15) is 0 Å². The minimum absolute atomic E-state index is 0.0768. The van der Waals surface area contributed by atoms with Crippen LogP contribution >= 0.6 is 15.9 Å². The van der Waals surface area contributed by atoms with Crippen LogP contribution in [0.15, 0.2) is 46.9 Å². The number of nitrogens with one attached hydrogen (secondary N) is 1. The number of halogens is 1. The summed E-state index contributed by atoms with van der Waals surface area (Å²) in [6.45, 7) is 2.73. The third kappa shape index (κ3) is 3.54. The van der Waals surface area contributed by atoms with Gasteiger partial charge in [0.15, 0.2) is 0 Å². The van der Waals surface area contributed by atoms with Gasteiger partial charge in [-0.15, -0.1) is 0 Å². The summed E-state index contributed by atoms with van der Waals surface area (Å²) in [7, 11) is 0. The van der Waals surface area contributed by atoms with E-state index in [0.29, 0.717) is 11.0 Å². The quantitative estimate of drug-likeness (QED) is 0.675. The Bertz CT molecular complexity index is 614. The number of hydrogen-bond donors (Lipinski definition) is 1. The Labute approximate surface area is 119 Å². The third-order valence-electron chi connectivity index (χ3n) is 2.73. The number of nitro benzene ring substituents is 1.